The predicted octanol–water partition coefficient (Wildman–Crippen LogP) is 4.29. The van der Waals surface area contributed by atoms with Gasteiger partial charge in [0.25, 0.3) is 5.91 Å². The van der Waals surface area contributed by atoms with E-state index in [-0.39, 0.29) is 11.3 Å². The van der Waals surface area contributed by atoms with Gasteiger partial charge in [0.2, 0.25) is 0 Å². The molecule has 4 fully saturated rings. The maximum absolute atomic E-state index is 14.0. The van der Waals surface area contributed by atoms with Crippen LogP contribution in [0.3, 0.4) is 0 Å². The van der Waals surface area contributed by atoms with E-state index in [1.54, 1.807) is 0 Å². The Labute approximate surface area is 176 Å². The number of amides is 1. The van der Waals surface area contributed by atoms with E-state index >= 15 is 0 Å². The van der Waals surface area contributed by atoms with Gasteiger partial charge in [0.15, 0.2) is 5.69 Å². The number of carbonyl (C=O) groups is 2. The maximum Gasteiger partial charge on any atom is 0.434 e. The summed E-state index contributed by atoms with van der Waals surface area (Å²) in [7, 11) is 0. The maximum atomic E-state index is 14.0. The summed E-state index contributed by atoms with van der Waals surface area (Å²) in [4.78, 5) is 24.1. The van der Waals surface area contributed by atoms with E-state index in [4.69, 9.17) is 5.11 Å². The summed E-state index contributed by atoms with van der Waals surface area (Å²) in [6.45, 7) is 0. The summed E-state index contributed by atoms with van der Waals surface area (Å²) in [5, 5.41) is 15.8. The second-order valence-corrected chi connectivity index (χ2v) is 9.32. The molecule has 1 aromatic carbocycles. The van der Waals surface area contributed by atoms with Crippen LogP contribution in [-0.4, -0.2) is 32.3 Å². The van der Waals surface area contributed by atoms with Crippen LogP contribution in [0, 0.1) is 17.8 Å². The van der Waals surface area contributed by atoms with Crippen LogP contribution in [0.4, 0.5) is 13.2 Å². The molecule has 4 aliphatic carbocycles. The third-order valence-corrected chi connectivity index (χ3v) is 7.06. The second kappa shape index (κ2) is 6.83. The molecule has 9 heteroatoms. The number of rotatable bonds is 4. The van der Waals surface area contributed by atoms with Gasteiger partial charge in [-0.1, -0.05) is 0 Å². The van der Waals surface area contributed by atoms with Crippen LogP contribution in [0.5, 0.6) is 0 Å². The highest BCUT2D eigenvalue weighted by Gasteiger charge is 2.52. The molecule has 6 rings (SSSR count). The SMILES string of the molecule is O=C(O)c1ccc(-n2ncc(C(=O)NC34CC5CC(CC(C5)C3)C4)c2C(F)(F)F)cc1. The van der Waals surface area contributed by atoms with Gasteiger partial charge in [-0.2, -0.15) is 18.3 Å². The highest BCUT2D eigenvalue weighted by atomic mass is 19.4. The van der Waals surface area contributed by atoms with E-state index in [0.717, 1.165) is 44.7 Å². The minimum Gasteiger partial charge on any atom is -0.478 e. The molecule has 6 nitrogen and oxygen atoms in total. The van der Waals surface area contributed by atoms with Crippen molar-refractivity contribution in [2.45, 2.75) is 50.2 Å². The van der Waals surface area contributed by atoms with Crippen molar-refractivity contribution in [1.82, 2.24) is 15.1 Å². The first-order valence-electron chi connectivity index (χ1n) is 10.4. The average molecular weight is 433 g/mol. The van der Waals surface area contributed by atoms with Crippen LogP contribution < -0.4 is 5.32 Å². The lowest BCUT2D eigenvalue weighted by atomic mass is 9.53. The van der Waals surface area contributed by atoms with Crippen LogP contribution in [-0.2, 0) is 6.18 Å². The molecule has 164 valence electrons. The zero-order valence-electron chi connectivity index (χ0n) is 16.7. The number of hydrogen-bond donors (Lipinski definition) is 2. The Bertz CT molecular complexity index is 1010. The van der Waals surface area contributed by atoms with Crippen molar-refractivity contribution < 1.29 is 27.9 Å². The molecule has 4 bridgehead atoms. The van der Waals surface area contributed by atoms with E-state index in [1.807, 2.05) is 0 Å². The van der Waals surface area contributed by atoms with E-state index in [2.05, 4.69) is 10.4 Å². The average Bonchev–Trinajstić information content (AvgIpc) is 3.12. The first kappa shape index (κ1) is 20.1. The molecule has 0 atom stereocenters. The number of alkyl halides is 3. The highest BCUT2D eigenvalue weighted by molar-refractivity contribution is 5.96. The second-order valence-electron chi connectivity index (χ2n) is 9.32. The molecule has 1 amide bonds. The molecule has 0 aliphatic heterocycles. The molecule has 4 aliphatic rings. The van der Waals surface area contributed by atoms with Gasteiger partial charge >= 0.3 is 12.1 Å². The van der Waals surface area contributed by atoms with Crippen LogP contribution in [0.2, 0.25) is 0 Å². The summed E-state index contributed by atoms with van der Waals surface area (Å²) in [5.41, 5.74) is -2.10. The van der Waals surface area contributed by atoms with Crippen LogP contribution in [0.25, 0.3) is 5.69 Å². The monoisotopic (exact) mass is 433 g/mol. The first-order valence-corrected chi connectivity index (χ1v) is 10.4. The van der Waals surface area contributed by atoms with Crippen molar-refractivity contribution in [3.8, 4) is 5.69 Å². The molecule has 0 spiro atoms. The zero-order chi connectivity index (χ0) is 22.0. The van der Waals surface area contributed by atoms with Crippen molar-refractivity contribution in [2.75, 3.05) is 0 Å². The number of halogens is 3. The number of nitrogens with zero attached hydrogens (tertiary/aromatic N) is 2. The summed E-state index contributed by atoms with van der Waals surface area (Å²) in [6, 6.07) is 4.89. The predicted molar refractivity (Wildman–Crippen MR) is 104 cm³/mol. The number of aromatic nitrogens is 2. The smallest absolute Gasteiger partial charge is 0.434 e. The number of hydrogen-bond acceptors (Lipinski definition) is 3. The minimum absolute atomic E-state index is 0.0335. The van der Waals surface area contributed by atoms with Gasteiger partial charge in [-0.15, -0.1) is 0 Å². The quantitative estimate of drug-likeness (QED) is 0.754. The molecule has 31 heavy (non-hydrogen) atoms. The number of nitrogens with one attached hydrogen (secondary N) is 1. The zero-order valence-corrected chi connectivity index (χ0v) is 16.7. The summed E-state index contributed by atoms with van der Waals surface area (Å²) in [5.74, 6) is -0.293. The fourth-order valence-corrected chi connectivity index (χ4v) is 6.30. The van der Waals surface area contributed by atoms with E-state index in [0.29, 0.717) is 22.4 Å². The summed E-state index contributed by atoms with van der Waals surface area (Å²) in [6.07, 6.45) is 2.11. The van der Waals surface area contributed by atoms with Gasteiger partial charge in [-0.05, 0) is 80.5 Å². The van der Waals surface area contributed by atoms with Crippen molar-refractivity contribution in [3.63, 3.8) is 0 Å². The van der Waals surface area contributed by atoms with E-state index < -0.39 is 34.8 Å². The molecule has 1 heterocycles. The minimum atomic E-state index is -4.81. The van der Waals surface area contributed by atoms with Gasteiger partial charge in [-0.25, -0.2) is 9.48 Å². The number of carbonyl (C=O) groups excluding carboxylic acids is 1. The Hall–Kier alpha value is -2.84. The van der Waals surface area contributed by atoms with Crippen LogP contribution in [0.15, 0.2) is 30.5 Å². The van der Waals surface area contributed by atoms with Crippen molar-refractivity contribution in [2.24, 2.45) is 17.8 Å². The molecule has 0 unspecified atom stereocenters. The van der Waals surface area contributed by atoms with Crippen molar-refractivity contribution in [1.29, 1.82) is 0 Å². The largest absolute Gasteiger partial charge is 0.478 e. The number of benzene rings is 1. The highest BCUT2D eigenvalue weighted by Crippen LogP contribution is 2.55. The van der Waals surface area contributed by atoms with Crippen molar-refractivity contribution in [3.05, 3.63) is 47.3 Å². The van der Waals surface area contributed by atoms with Gasteiger partial charge in [0.05, 0.1) is 23.0 Å². The normalized spacial score (nSPS) is 29.2. The number of carboxylic acids is 1. The van der Waals surface area contributed by atoms with Crippen LogP contribution in [0.1, 0.15) is 64.9 Å². The third kappa shape index (κ3) is 3.49. The molecule has 4 saturated carbocycles. The lowest BCUT2D eigenvalue weighted by molar-refractivity contribution is -0.143. The lowest BCUT2D eigenvalue weighted by Crippen LogP contribution is -2.59. The first-order chi connectivity index (χ1) is 14.6. The summed E-state index contributed by atoms with van der Waals surface area (Å²) >= 11 is 0. The molecule has 2 N–H and O–H groups in total. The Balaban J connectivity index is 1.47. The molecular weight excluding hydrogens is 411 g/mol. The molecule has 2 aromatic rings. The Kier molecular flexibility index (Phi) is 4.43. The lowest BCUT2D eigenvalue weighted by Gasteiger charge is -2.56. The van der Waals surface area contributed by atoms with Gasteiger partial charge < -0.3 is 10.4 Å². The standard InChI is InChI=1S/C22H22F3N3O3/c23-22(24,25)18-17(11-26-28(18)16-3-1-15(2-4-16)20(30)31)19(29)27-21-8-12-5-13(9-21)7-14(6-12)10-21/h1-4,11-14H,5-10H2,(H,27,29)(H,30,31). The van der Waals surface area contributed by atoms with E-state index in [1.165, 1.54) is 24.3 Å². The Morgan fingerprint density at radius 3 is 2.06 bits per heavy atom. The fraction of sp³-hybridized carbons (Fsp3) is 0.500. The topological polar surface area (TPSA) is 84.2 Å². The van der Waals surface area contributed by atoms with Gasteiger partial charge in [-0.3, -0.25) is 4.79 Å². The number of carboxylic acid groups (broad SMARTS) is 1. The molecule has 1 aromatic heterocycles. The van der Waals surface area contributed by atoms with Crippen LogP contribution >= 0.6 is 0 Å². The van der Waals surface area contributed by atoms with E-state index in [9.17, 15) is 22.8 Å². The molecule has 0 saturated heterocycles. The Morgan fingerprint density at radius 2 is 1.58 bits per heavy atom. The summed E-state index contributed by atoms with van der Waals surface area (Å²) < 4.78 is 42.5. The fourth-order valence-electron chi connectivity index (χ4n) is 6.30. The van der Waals surface area contributed by atoms with Gasteiger partial charge in [0.1, 0.15) is 0 Å². The molecule has 0 radical (unpaired) electrons. The third-order valence-electron chi connectivity index (χ3n) is 7.06. The Morgan fingerprint density at radius 1 is 1.03 bits per heavy atom. The van der Waals surface area contributed by atoms with Gasteiger partial charge in [0, 0.05) is 5.54 Å². The number of aromatic carboxylic acids is 1. The van der Waals surface area contributed by atoms with Crippen molar-refractivity contribution >= 4 is 11.9 Å². The molecular formula is C22H22F3N3O3.